The summed E-state index contributed by atoms with van der Waals surface area (Å²) in [7, 11) is 0. The molecule has 0 saturated carbocycles. The van der Waals surface area contributed by atoms with Gasteiger partial charge >= 0.3 is 5.97 Å². The lowest BCUT2D eigenvalue weighted by molar-refractivity contribution is 0.0391. The number of nitrogens with one attached hydrogen (secondary N) is 1. The van der Waals surface area contributed by atoms with Crippen molar-refractivity contribution in [1.29, 1.82) is 0 Å². The van der Waals surface area contributed by atoms with Crippen LogP contribution in [0.5, 0.6) is 0 Å². The number of aromatic nitrogens is 3. The largest absolute Gasteiger partial charge is 0.477 e. The van der Waals surface area contributed by atoms with Gasteiger partial charge in [-0.05, 0) is 58.9 Å². The number of hydrogen-bond acceptors (Lipinski definition) is 5. The summed E-state index contributed by atoms with van der Waals surface area (Å²) in [5, 5.41) is 13.3. The third kappa shape index (κ3) is 4.42. The fraction of sp³-hybridized carbons (Fsp3) is 0.471. The Labute approximate surface area is 151 Å². The maximum atomic E-state index is 11.7. The lowest BCUT2D eigenvalue weighted by Gasteiger charge is -2.31. The van der Waals surface area contributed by atoms with E-state index in [1.807, 2.05) is 34.6 Å². The van der Waals surface area contributed by atoms with E-state index in [2.05, 4.69) is 21.9 Å². The predicted octanol–water partition coefficient (Wildman–Crippen LogP) is 3.39. The van der Waals surface area contributed by atoms with Crippen molar-refractivity contribution in [2.75, 3.05) is 6.54 Å². The van der Waals surface area contributed by atoms with Crippen molar-refractivity contribution < 1.29 is 14.6 Å². The van der Waals surface area contributed by atoms with E-state index in [0.717, 1.165) is 0 Å². The van der Waals surface area contributed by atoms with Crippen LogP contribution in [0.15, 0.2) is 24.7 Å². The van der Waals surface area contributed by atoms with E-state index in [1.54, 1.807) is 4.57 Å². The second-order valence-corrected chi connectivity index (χ2v) is 7.73. The maximum absolute atomic E-state index is 11.7. The number of carbonyl (C=O) groups is 1. The van der Waals surface area contributed by atoms with Gasteiger partial charge in [-0.1, -0.05) is 0 Å². The molecule has 2 rings (SSSR count). The summed E-state index contributed by atoms with van der Waals surface area (Å²) in [5.74, 6) is -0.631. The number of aromatic carboxylic acids is 1. The van der Waals surface area contributed by atoms with E-state index in [-0.39, 0.29) is 16.6 Å². The molecular weight excluding hydrogens is 344 g/mol. The van der Waals surface area contributed by atoms with Crippen molar-refractivity contribution in [3.8, 4) is 0 Å². The van der Waals surface area contributed by atoms with Gasteiger partial charge in [0.25, 0.3) is 0 Å². The third-order valence-electron chi connectivity index (χ3n) is 3.48. The lowest BCUT2D eigenvalue weighted by Crippen LogP contribution is -2.40. The summed E-state index contributed by atoms with van der Waals surface area (Å²) in [4.78, 5) is 19.8. The highest BCUT2D eigenvalue weighted by Gasteiger charge is 2.29. The van der Waals surface area contributed by atoms with E-state index in [9.17, 15) is 9.90 Å². The van der Waals surface area contributed by atoms with Crippen molar-refractivity contribution in [2.24, 2.45) is 0 Å². The number of rotatable bonds is 6. The molecule has 7 nitrogen and oxygen atoms in total. The molecule has 0 aliphatic rings. The number of fused-ring (bicyclic) bond motifs is 1. The first-order valence-electron chi connectivity index (χ1n) is 7.80. The summed E-state index contributed by atoms with van der Waals surface area (Å²) >= 11 is 5.90. The van der Waals surface area contributed by atoms with Crippen LogP contribution in [0.1, 0.15) is 45.1 Å². The Hall–Kier alpha value is -2.28. The van der Waals surface area contributed by atoms with E-state index >= 15 is 0 Å². The molecule has 8 heteroatoms. The predicted molar refractivity (Wildman–Crippen MR) is 96.8 cm³/mol. The first-order valence-corrected chi connectivity index (χ1v) is 8.18. The van der Waals surface area contributed by atoms with Crippen molar-refractivity contribution >= 4 is 28.6 Å². The molecule has 0 unspecified atom stereocenters. The molecule has 25 heavy (non-hydrogen) atoms. The molecule has 0 bridgehead atoms. The number of ether oxygens (including phenoxy) is 1. The number of carboxylic acid groups (broad SMARTS) is 1. The first kappa shape index (κ1) is 19.1. The van der Waals surface area contributed by atoms with Gasteiger partial charge in [-0.25, -0.2) is 9.78 Å². The van der Waals surface area contributed by atoms with Crippen LogP contribution in [0, 0.1) is 0 Å². The summed E-state index contributed by atoms with van der Waals surface area (Å²) < 4.78 is 7.29. The number of halogens is 1. The molecule has 2 aromatic rings. The Morgan fingerprint density at radius 1 is 1.40 bits per heavy atom. The molecule has 0 spiro atoms. The highest BCUT2D eigenvalue weighted by atomic mass is 35.5. The molecule has 0 aliphatic carbocycles. The minimum atomic E-state index is -1.05. The molecular formula is C17H23ClN4O3. The number of carboxylic acids is 1. The van der Waals surface area contributed by atoms with Gasteiger partial charge in [0.2, 0.25) is 5.28 Å². The average molecular weight is 367 g/mol. The molecule has 0 aliphatic heterocycles. The highest BCUT2D eigenvalue weighted by Crippen LogP contribution is 2.27. The van der Waals surface area contributed by atoms with Gasteiger partial charge in [0.05, 0.1) is 5.54 Å². The molecule has 0 saturated heterocycles. The van der Waals surface area contributed by atoms with E-state index in [4.69, 9.17) is 16.3 Å². The van der Waals surface area contributed by atoms with Gasteiger partial charge in [-0.15, -0.1) is 0 Å². The monoisotopic (exact) mass is 366 g/mol. The van der Waals surface area contributed by atoms with Gasteiger partial charge in [-0.2, -0.15) is 4.98 Å². The Morgan fingerprint density at radius 2 is 2.04 bits per heavy atom. The van der Waals surface area contributed by atoms with Gasteiger partial charge in [0.15, 0.2) is 5.88 Å². The Morgan fingerprint density at radius 3 is 2.60 bits per heavy atom. The van der Waals surface area contributed by atoms with Crippen LogP contribution in [-0.2, 0) is 10.3 Å². The van der Waals surface area contributed by atoms with E-state index < -0.39 is 11.5 Å². The van der Waals surface area contributed by atoms with Crippen LogP contribution >= 0.6 is 11.6 Å². The van der Waals surface area contributed by atoms with Gasteiger partial charge < -0.3 is 19.7 Å². The molecule has 2 N–H and O–H groups in total. The molecule has 2 heterocycles. The van der Waals surface area contributed by atoms with Crippen molar-refractivity contribution in [3.05, 3.63) is 35.7 Å². The molecule has 0 fully saturated rings. The molecule has 0 radical (unpaired) electrons. The fourth-order valence-corrected chi connectivity index (χ4v) is 2.67. The molecule has 0 aromatic carbocycles. The second-order valence-electron chi connectivity index (χ2n) is 7.39. The maximum Gasteiger partial charge on any atom is 0.352 e. The highest BCUT2D eigenvalue weighted by molar-refractivity contribution is 6.28. The second kappa shape index (κ2) is 6.55. The zero-order valence-corrected chi connectivity index (χ0v) is 15.8. The van der Waals surface area contributed by atoms with Crippen LogP contribution < -0.4 is 5.32 Å². The molecule has 0 atom stereocenters. The van der Waals surface area contributed by atoms with Crippen LogP contribution in [0.3, 0.4) is 0 Å². The average Bonchev–Trinajstić information content (AvgIpc) is 2.83. The third-order valence-corrected chi connectivity index (χ3v) is 3.67. The molecule has 2 aromatic heterocycles. The van der Waals surface area contributed by atoms with E-state index in [1.165, 1.54) is 12.3 Å². The topological polar surface area (TPSA) is 89.3 Å². The van der Waals surface area contributed by atoms with Gasteiger partial charge in [0.1, 0.15) is 16.9 Å². The minimum absolute atomic E-state index is 0.0630. The van der Waals surface area contributed by atoms with Crippen LogP contribution in [0.4, 0.5) is 0 Å². The fourth-order valence-electron chi connectivity index (χ4n) is 2.54. The van der Waals surface area contributed by atoms with Gasteiger partial charge in [0, 0.05) is 18.1 Å². The van der Waals surface area contributed by atoms with E-state index in [0.29, 0.717) is 23.5 Å². The zero-order valence-electron chi connectivity index (χ0n) is 15.1. The Bertz CT molecular complexity index is 821. The zero-order chi connectivity index (χ0) is 19.0. The normalized spacial score (nSPS) is 12.2. The Kier molecular flexibility index (Phi) is 4.99. The summed E-state index contributed by atoms with van der Waals surface area (Å²) in [6, 6.07) is 1.54. The van der Waals surface area contributed by atoms with Crippen molar-refractivity contribution in [1.82, 2.24) is 19.9 Å². The summed E-state index contributed by atoms with van der Waals surface area (Å²) in [6.07, 6.45) is 1.51. The summed E-state index contributed by atoms with van der Waals surface area (Å²) in [6.45, 7) is 13.8. The van der Waals surface area contributed by atoms with Crippen molar-refractivity contribution in [2.45, 2.75) is 45.8 Å². The lowest BCUT2D eigenvalue weighted by atomic mass is 10.0. The quantitative estimate of drug-likeness (QED) is 0.601. The molecule has 136 valence electrons. The standard InChI is InChI=1S/C17H23ClN4O3/c1-10(25-16(2,3)4)20-9-17(5,6)22-12(14(23)24)7-11-8-19-15(18)21-13(11)22/h7-8,20H,1,9H2,2-6H3,(H,23,24). The van der Waals surface area contributed by atoms with Crippen LogP contribution in [-0.4, -0.2) is 37.8 Å². The van der Waals surface area contributed by atoms with Crippen LogP contribution in [0.2, 0.25) is 5.28 Å². The SMILES string of the molecule is C=C(NCC(C)(C)n1c(C(=O)O)cc2cnc(Cl)nc21)OC(C)(C)C. The Balaban J connectivity index is 2.37. The number of hydrogen-bond donors (Lipinski definition) is 2. The van der Waals surface area contributed by atoms with Gasteiger partial charge in [-0.3, -0.25) is 0 Å². The van der Waals surface area contributed by atoms with Crippen molar-refractivity contribution in [3.63, 3.8) is 0 Å². The van der Waals surface area contributed by atoms with Crippen LogP contribution in [0.25, 0.3) is 11.0 Å². The number of nitrogens with zero attached hydrogens (tertiary/aromatic N) is 3. The molecule has 0 amide bonds. The smallest absolute Gasteiger partial charge is 0.352 e. The summed E-state index contributed by atoms with van der Waals surface area (Å²) in [5.41, 5.74) is -0.439. The first-order chi connectivity index (χ1) is 11.4. The minimum Gasteiger partial charge on any atom is -0.477 e.